The first-order valence-corrected chi connectivity index (χ1v) is 13.9. The summed E-state index contributed by atoms with van der Waals surface area (Å²) in [5.41, 5.74) is -2.38. The summed E-state index contributed by atoms with van der Waals surface area (Å²) in [4.78, 5) is 41.8. The van der Waals surface area contributed by atoms with E-state index >= 15 is 0 Å². The molecule has 0 spiro atoms. The molecule has 0 saturated carbocycles. The summed E-state index contributed by atoms with van der Waals surface area (Å²) in [6.45, 7) is 1.01. The molecule has 6 rings (SSSR count). The van der Waals surface area contributed by atoms with E-state index in [0.717, 1.165) is 11.8 Å². The summed E-state index contributed by atoms with van der Waals surface area (Å²) in [7, 11) is 0. The summed E-state index contributed by atoms with van der Waals surface area (Å²) in [5, 5.41) is 5.46. The second-order valence-electron chi connectivity index (χ2n) is 10.6. The van der Waals surface area contributed by atoms with Crippen LogP contribution in [0.15, 0.2) is 66.1 Å². The van der Waals surface area contributed by atoms with Crippen molar-refractivity contribution in [3.8, 4) is 5.75 Å². The van der Waals surface area contributed by atoms with Gasteiger partial charge in [0.25, 0.3) is 11.5 Å². The van der Waals surface area contributed by atoms with Gasteiger partial charge in [-0.1, -0.05) is 24.3 Å². The quantitative estimate of drug-likeness (QED) is 0.309. The molecule has 5 heterocycles. The molecule has 11 nitrogen and oxygen atoms in total. The smallest absolute Gasteiger partial charge is 0.423 e. The van der Waals surface area contributed by atoms with Gasteiger partial charge in [-0.05, 0) is 17.2 Å². The average molecular weight is 647 g/mol. The molecule has 46 heavy (non-hydrogen) atoms. The highest BCUT2D eigenvalue weighted by molar-refractivity contribution is 5.94. The highest BCUT2D eigenvalue weighted by atomic mass is 19.4. The van der Waals surface area contributed by atoms with Crippen LogP contribution in [0.1, 0.15) is 38.7 Å². The van der Waals surface area contributed by atoms with Gasteiger partial charge in [-0.25, -0.2) is 15.1 Å². The van der Waals surface area contributed by atoms with Gasteiger partial charge < -0.3 is 19.4 Å². The first-order valence-electron chi connectivity index (χ1n) is 13.9. The number of nitrogens with one attached hydrogen (secondary N) is 1. The number of hydrogen-bond donors (Lipinski definition) is 1. The molecule has 1 amide bonds. The number of hydrogen-bond acceptors (Lipinski definition) is 9. The lowest BCUT2D eigenvalue weighted by molar-refractivity contribution is -0.139. The monoisotopic (exact) mass is 646 g/mol. The van der Waals surface area contributed by atoms with E-state index in [9.17, 15) is 35.9 Å². The Bertz CT molecular complexity index is 1790. The number of ether oxygens (including phenoxy) is 1. The van der Waals surface area contributed by atoms with Crippen LogP contribution < -0.4 is 20.1 Å². The predicted octanol–water partition coefficient (Wildman–Crippen LogP) is 4.10. The third kappa shape index (κ3) is 6.16. The molecule has 0 aliphatic carbocycles. The molecule has 1 fully saturated rings. The number of H-pyrrole nitrogens is 1. The number of carbonyl (C=O) groups is 1. The third-order valence-corrected chi connectivity index (χ3v) is 7.74. The lowest BCUT2D eigenvalue weighted by Crippen LogP contribution is -2.49. The van der Waals surface area contributed by atoms with Crippen LogP contribution in [-0.4, -0.2) is 68.7 Å². The molecule has 1 saturated heterocycles. The van der Waals surface area contributed by atoms with Gasteiger partial charge in [0, 0.05) is 51.3 Å². The molecule has 2 aliphatic rings. The van der Waals surface area contributed by atoms with Gasteiger partial charge in [-0.15, -0.1) is 0 Å². The average Bonchev–Trinajstić information content (AvgIpc) is 3.41. The molecule has 3 aromatic heterocycles. The van der Waals surface area contributed by atoms with E-state index < -0.39 is 35.1 Å². The number of amides is 1. The van der Waals surface area contributed by atoms with Crippen molar-refractivity contribution in [2.45, 2.75) is 24.9 Å². The molecule has 4 aromatic rings. The lowest BCUT2D eigenvalue weighted by atomic mass is 10.1. The van der Waals surface area contributed by atoms with Gasteiger partial charge in [-0.3, -0.25) is 14.6 Å². The normalized spacial score (nSPS) is 16.8. The summed E-state index contributed by atoms with van der Waals surface area (Å²) >= 11 is 0. The van der Waals surface area contributed by atoms with Crippen LogP contribution in [0.25, 0.3) is 0 Å². The number of alkyl halides is 6. The van der Waals surface area contributed by atoms with E-state index in [4.69, 9.17) is 4.74 Å². The number of pyridine rings is 1. The standard InChI is InChI=1S/C29H24F6N8O3/c30-28(31,32)19-11-37-27(38-12-19)42-7-5-41(6-8-42)26(45)18-9-20(13-36-10-18)46-16-23-21-4-2-1-3-17(21)15-43(23)22-14-39-40-25(44)24(22)29(33,34)35/h1-4,9-14,23H,5-8,15-16H2,(H,40,44)/t23-/m0/s1. The number of anilines is 2. The lowest BCUT2D eigenvalue weighted by Gasteiger charge is -2.34. The fourth-order valence-corrected chi connectivity index (χ4v) is 5.49. The summed E-state index contributed by atoms with van der Waals surface area (Å²) < 4.78 is 86.2. The van der Waals surface area contributed by atoms with Crippen LogP contribution in [0.5, 0.6) is 5.75 Å². The maximum Gasteiger partial charge on any atom is 0.423 e. The van der Waals surface area contributed by atoms with Crippen molar-refractivity contribution in [1.82, 2.24) is 30.0 Å². The number of rotatable bonds is 6. The van der Waals surface area contributed by atoms with Gasteiger partial charge in [0.1, 0.15) is 17.9 Å². The molecule has 17 heteroatoms. The topological polar surface area (TPSA) is 120 Å². The number of nitrogens with zero attached hydrogens (tertiary/aromatic N) is 7. The number of fused-ring (bicyclic) bond motifs is 1. The van der Waals surface area contributed by atoms with Crippen molar-refractivity contribution < 1.29 is 35.9 Å². The molecule has 0 bridgehead atoms. The fraction of sp³-hybridized carbons (Fsp3) is 0.310. The zero-order chi connectivity index (χ0) is 32.6. The van der Waals surface area contributed by atoms with E-state index in [-0.39, 0.29) is 68.2 Å². The second kappa shape index (κ2) is 11.9. The largest absolute Gasteiger partial charge is 0.489 e. The molecule has 0 unspecified atom stereocenters. The van der Waals surface area contributed by atoms with Crippen molar-refractivity contribution in [1.29, 1.82) is 0 Å². The fourth-order valence-electron chi connectivity index (χ4n) is 5.49. The second-order valence-corrected chi connectivity index (χ2v) is 10.6. The molecule has 240 valence electrons. The number of piperazine rings is 1. The highest BCUT2D eigenvalue weighted by Crippen LogP contribution is 2.42. The first kappa shape index (κ1) is 30.8. The molecule has 1 aromatic carbocycles. The van der Waals surface area contributed by atoms with Crippen LogP contribution in [0.4, 0.5) is 38.0 Å². The Hall–Kier alpha value is -5.22. The predicted molar refractivity (Wildman–Crippen MR) is 150 cm³/mol. The van der Waals surface area contributed by atoms with Crippen molar-refractivity contribution in [2.24, 2.45) is 0 Å². The Labute approximate surface area is 256 Å². The maximum absolute atomic E-state index is 13.9. The number of carbonyl (C=O) groups excluding carboxylic acids is 1. The van der Waals surface area contributed by atoms with E-state index in [2.05, 4.69) is 20.1 Å². The van der Waals surface area contributed by atoms with E-state index in [1.54, 1.807) is 34.1 Å². The van der Waals surface area contributed by atoms with Gasteiger partial charge in [0.2, 0.25) is 5.95 Å². The van der Waals surface area contributed by atoms with Gasteiger partial charge in [0.15, 0.2) is 0 Å². The Morgan fingerprint density at radius 1 is 0.935 bits per heavy atom. The molecule has 2 aliphatic heterocycles. The van der Waals surface area contributed by atoms with Crippen molar-refractivity contribution in [2.75, 3.05) is 42.6 Å². The van der Waals surface area contributed by atoms with Gasteiger partial charge >= 0.3 is 12.4 Å². The Balaban J connectivity index is 1.14. The van der Waals surface area contributed by atoms with E-state index in [1.165, 1.54) is 23.4 Å². The van der Waals surface area contributed by atoms with Crippen molar-refractivity contribution in [3.05, 3.63) is 99.5 Å². The minimum atomic E-state index is -4.93. The zero-order valence-corrected chi connectivity index (χ0v) is 23.7. The Morgan fingerprint density at radius 3 is 2.35 bits per heavy atom. The number of aromatic nitrogens is 5. The number of benzene rings is 1. The minimum Gasteiger partial charge on any atom is -0.489 e. The highest BCUT2D eigenvalue weighted by Gasteiger charge is 2.42. The summed E-state index contributed by atoms with van der Waals surface area (Å²) in [6, 6.07) is 7.81. The van der Waals surface area contributed by atoms with Crippen molar-refractivity contribution in [3.63, 3.8) is 0 Å². The van der Waals surface area contributed by atoms with Crippen LogP contribution in [-0.2, 0) is 18.9 Å². The van der Waals surface area contributed by atoms with Crippen LogP contribution >= 0.6 is 0 Å². The minimum absolute atomic E-state index is 0.0820. The van der Waals surface area contributed by atoms with E-state index in [0.29, 0.717) is 18.0 Å². The molecule has 0 radical (unpaired) electrons. The maximum atomic E-state index is 13.9. The number of aromatic amines is 1. The van der Waals surface area contributed by atoms with E-state index in [1.807, 2.05) is 5.10 Å². The van der Waals surface area contributed by atoms with Crippen molar-refractivity contribution >= 4 is 17.5 Å². The zero-order valence-electron chi connectivity index (χ0n) is 23.7. The summed E-state index contributed by atoms with van der Waals surface area (Å²) in [6.07, 6.45) is -4.35. The molecule has 1 atom stereocenters. The van der Waals surface area contributed by atoms with Crippen LogP contribution in [0, 0.1) is 0 Å². The first-order chi connectivity index (χ1) is 21.9. The Morgan fingerprint density at radius 2 is 1.65 bits per heavy atom. The summed E-state index contributed by atoms with van der Waals surface area (Å²) in [5.74, 6) is -0.0341. The van der Waals surface area contributed by atoms with Crippen LogP contribution in [0.3, 0.4) is 0 Å². The molecular weight excluding hydrogens is 622 g/mol. The van der Waals surface area contributed by atoms with Gasteiger partial charge in [0.05, 0.1) is 35.2 Å². The van der Waals surface area contributed by atoms with Gasteiger partial charge in [-0.2, -0.15) is 31.4 Å². The molecular formula is C29H24F6N8O3. The van der Waals surface area contributed by atoms with Crippen LogP contribution in [0.2, 0.25) is 0 Å². The SMILES string of the molecule is O=C(c1cncc(OC[C@H]2c3ccccc3CN2c2cn[nH]c(=O)c2C(F)(F)F)c1)N1CCN(c2ncc(C(F)(F)F)cn2)CC1. The molecule has 1 N–H and O–H groups in total. The Kier molecular flexibility index (Phi) is 7.99. The number of halogens is 6. The third-order valence-electron chi connectivity index (χ3n) is 7.74.